The maximum absolute atomic E-state index is 13.0. The normalized spacial score (nSPS) is 21.6. The van der Waals surface area contributed by atoms with Crippen molar-refractivity contribution in [1.29, 1.82) is 0 Å². The van der Waals surface area contributed by atoms with Crippen LogP contribution in [0.25, 0.3) is 0 Å². The number of rotatable bonds is 4. The van der Waals surface area contributed by atoms with Crippen molar-refractivity contribution in [3.8, 4) is 0 Å². The first kappa shape index (κ1) is 16.8. The first-order chi connectivity index (χ1) is 9.79. The summed E-state index contributed by atoms with van der Waals surface area (Å²) >= 11 is 3.09. The molecule has 1 unspecified atom stereocenters. The second-order valence-corrected chi connectivity index (χ2v) is 7.91. The molecule has 1 aliphatic rings. The van der Waals surface area contributed by atoms with Crippen molar-refractivity contribution >= 4 is 26.0 Å². The Balaban J connectivity index is 2.07. The van der Waals surface area contributed by atoms with Gasteiger partial charge in [-0.2, -0.15) is 0 Å². The first-order valence-corrected chi connectivity index (χ1v) is 8.91. The molecule has 8 heteroatoms. The maximum atomic E-state index is 13.0. The van der Waals surface area contributed by atoms with Gasteiger partial charge in [-0.1, -0.05) is 0 Å². The van der Waals surface area contributed by atoms with Gasteiger partial charge in [-0.25, -0.2) is 17.5 Å². The van der Waals surface area contributed by atoms with Gasteiger partial charge >= 0.3 is 0 Å². The van der Waals surface area contributed by atoms with E-state index in [0.29, 0.717) is 6.54 Å². The van der Waals surface area contributed by atoms with Crippen LogP contribution in [-0.4, -0.2) is 64.5 Å². The van der Waals surface area contributed by atoms with Crippen LogP contribution in [0.15, 0.2) is 27.6 Å². The third-order valence-electron chi connectivity index (χ3n) is 3.67. The van der Waals surface area contributed by atoms with Crippen LogP contribution in [0, 0.1) is 5.82 Å². The van der Waals surface area contributed by atoms with Gasteiger partial charge in [0.2, 0.25) is 10.0 Å². The van der Waals surface area contributed by atoms with Gasteiger partial charge in [-0.05, 0) is 48.2 Å². The molecular formula is C13H19BrFN3O2S. The predicted molar refractivity (Wildman–Crippen MR) is 83.2 cm³/mol. The molecule has 0 bridgehead atoms. The summed E-state index contributed by atoms with van der Waals surface area (Å²) in [4.78, 5) is 4.37. The molecule has 0 amide bonds. The Morgan fingerprint density at radius 3 is 2.76 bits per heavy atom. The molecule has 0 aromatic heterocycles. The summed E-state index contributed by atoms with van der Waals surface area (Å²) in [5.41, 5.74) is 0. The lowest BCUT2D eigenvalue weighted by atomic mass is 10.2. The number of hydrogen-bond acceptors (Lipinski definition) is 4. The predicted octanol–water partition coefficient (Wildman–Crippen LogP) is 1.11. The van der Waals surface area contributed by atoms with Gasteiger partial charge in [0.15, 0.2) is 0 Å². The Kier molecular flexibility index (Phi) is 5.37. The molecule has 118 valence electrons. The fourth-order valence-electron chi connectivity index (χ4n) is 2.30. The van der Waals surface area contributed by atoms with E-state index in [0.717, 1.165) is 31.8 Å². The summed E-state index contributed by atoms with van der Waals surface area (Å²) in [6, 6.07) is 3.67. The molecule has 1 atom stereocenters. The molecule has 0 spiro atoms. The first-order valence-electron chi connectivity index (χ1n) is 6.63. The summed E-state index contributed by atoms with van der Waals surface area (Å²) in [5, 5.41) is 0. The van der Waals surface area contributed by atoms with Gasteiger partial charge in [0.1, 0.15) is 5.82 Å². The topological polar surface area (TPSA) is 52.6 Å². The van der Waals surface area contributed by atoms with Crippen LogP contribution in [0.1, 0.15) is 0 Å². The highest BCUT2D eigenvalue weighted by Gasteiger charge is 2.25. The Morgan fingerprint density at radius 1 is 1.38 bits per heavy atom. The van der Waals surface area contributed by atoms with E-state index >= 15 is 0 Å². The molecule has 0 aliphatic carbocycles. The van der Waals surface area contributed by atoms with Crippen molar-refractivity contribution in [3.05, 3.63) is 28.5 Å². The summed E-state index contributed by atoms with van der Waals surface area (Å²) in [6.45, 7) is 3.02. The summed E-state index contributed by atoms with van der Waals surface area (Å²) in [7, 11) is 0.348. The van der Waals surface area contributed by atoms with Crippen molar-refractivity contribution in [1.82, 2.24) is 14.5 Å². The van der Waals surface area contributed by atoms with Crippen molar-refractivity contribution < 1.29 is 12.8 Å². The Bertz CT molecular complexity index is 611. The van der Waals surface area contributed by atoms with Crippen LogP contribution in [0.3, 0.4) is 0 Å². The molecule has 1 fully saturated rings. The average Bonchev–Trinajstić information content (AvgIpc) is 2.39. The number of likely N-dealkylation sites (N-methyl/N-ethyl adjacent to an activating group) is 2. The van der Waals surface area contributed by atoms with Gasteiger partial charge in [-0.3, -0.25) is 4.90 Å². The second kappa shape index (κ2) is 6.70. The van der Waals surface area contributed by atoms with Gasteiger partial charge in [0.25, 0.3) is 0 Å². The molecular weight excluding hydrogens is 361 g/mol. The third kappa shape index (κ3) is 4.23. The number of piperazine rings is 1. The number of halogens is 2. The van der Waals surface area contributed by atoms with E-state index in [-0.39, 0.29) is 15.4 Å². The Hall–Kier alpha value is -0.540. The van der Waals surface area contributed by atoms with E-state index in [9.17, 15) is 12.8 Å². The molecule has 1 aliphatic heterocycles. The van der Waals surface area contributed by atoms with Crippen LogP contribution >= 0.6 is 15.9 Å². The molecule has 1 saturated heterocycles. The minimum Gasteiger partial charge on any atom is -0.303 e. The highest BCUT2D eigenvalue weighted by atomic mass is 79.9. The van der Waals surface area contributed by atoms with Gasteiger partial charge in [-0.15, -0.1) is 0 Å². The van der Waals surface area contributed by atoms with E-state index in [1.54, 1.807) is 0 Å². The van der Waals surface area contributed by atoms with Crippen molar-refractivity contribution in [2.75, 3.05) is 40.3 Å². The molecule has 1 aromatic rings. The molecule has 1 heterocycles. The van der Waals surface area contributed by atoms with E-state index in [4.69, 9.17) is 0 Å². The summed E-state index contributed by atoms with van der Waals surface area (Å²) < 4.78 is 40.5. The van der Waals surface area contributed by atoms with Crippen molar-refractivity contribution in [2.24, 2.45) is 0 Å². The molecule has 0 radical (unpaired) electrons. The van der Waals surface area contributed by atoms with Crippen LogP contribution < -0.4 is 4.72 Å². The fourth-order valence-corrected chi connectivity index (χ4v) is 4.42. The fraction of sp³-hybridized carbons (Fsp3) is 0.538. The molecule has 1 aromatic carbocycles. The van der Waals surface area contributed by atoms with Crippen LogP contribution in [0.4, 0.5) is 4.39 Å². The van der Waals surface area contributed by atoms with Gasteiger partial charge < -0.3 is 4.90 Å². The quantitative estimate of drug-likeness (QED) is 0.851. The lowest BCUT2D eigenvalue weighted by Gasteiger charge is -2.37. The zero-order valence-electron chi connectivity index (χ0n) is 12.0. The van der Waals surface area contributed by atoms with Crippen LogP contribution in [-0.2, 0) is 10.0 Å². The number of benzene rings is 1. The van der Waals surface area contributed by atoms with E-state index in [1.807, 2.05) is 14.1 Å². The smallest absolute Gasteiger partial charge is 0.241 e. The standard InChI is InChI=1S/C13H19BrFN3O2S/c1-17-5-6-18(2)11(9-17)8-16-21(19,20)13-4-3-10(15)7-12(13)14/h3-4,7,11,16H,5-6,8-9H2,1-2H3. The number of sulfonamides is 1. The monoisotopic (exact) mass is 379 g/mol. The van der Waals surface area contributed by atoms with Crippen molar-refractivity contribution in [2.45, 2.75) is 10.9 Å². The minimum absolute atomic E-state index is 0.0516. The summed E-state index contributed by atoms with van der Waals surface area (Å²) in [5.74, 6) is -0.477. The van der Waals surface area contributed by atoms with E-state index in [1.165, 1.54) is 6.07 Å². The van der Waals surface area contributed by atoms with E-state index < -0.39 is 15.8 Å². The lowest BCUT2D eigenvalue weighted by molar-refractivity contribution is 0.117. The molecule has 0 saturated carbocycles. The van der Waals surface area contributed by atoms with Gasteiger partial charge in [0, 0.05) is 36.7 Å². The Labute approximate surface area is 133 Å². The highest BCUT2D eigenvalue weighted by Crippen LogP contribution is 2.22. The van der Waals surface area contributed by atoms with Gasteiger partial charge in [0.05, 0.1) is 4.90 Å². The molecule has 1 N–H and O–H groups in total. The van der Waals surface area contributed by atoms with Crippen LogP contribution in [0.2, 0.25) is 0 Å². The van der Waals surface area contributed by atoms with E-state index in [2.05, 4.69) is 30.5 Å². The highest BCUT2D eigenvalue weighted by molar-refractivity contribution is 9.10. The molecule has 2 rings (SSSR count). The minimum atomic E-state index is -3.66. The SMILES string of the molecule is CN1CCN(C)C(CNS(=O)(=O)c2ccc(F)cc2Br)C1. The molecule has 21 heavy (non-hydrogen) atoms. The second-order valence-electron chi connectivity index (χ2n) is 5.32. The zero-order chi connectivity index (χ0) is 15.6. The van der Waals surface area contributed by atoms with Crippen molar-refractivity contribution in [3.63, 3.8) is 0 Å². The molecule has 5 nitrogen and oxygen atoms in total. The number of hydrogen-bond donors (Lipinski definition) is 1. The number of nitrogens with one attached hydrogen (secondary N) is 1. The maximum Gasteiger partial charge on any atom is 0.241 e. The number of nitrogens with zero attached hydrogens (tertiary/aromatic N) is 2. The average molecular weight is 380 g/mol. The largest absolute Gasteiger partial charge is 0.303 e. The zero-order valence-corrected chi connectivity index (χ0v) is 14.4. The van der Waals surface area contributed by atoms with Crippen LogP contribution in [0.5, 0.6) is 0 Å². The third-order valence-corrected chi connectivity index (χ3v) is 6.07. The summed E-state index contributed by atoms with van der Waals surface area (Å²) in [6.07, 6.45) is 0. The lowest BCUT2D eigenvalue weighted by Crippen LogP contribution is -2.54. The Morgan fingerprint density at radius 2 is 2.10 bits per heavy atom.